The van der Waals surface area contributed by atoms with Gasteiger partial charge in [-0.2, -0.15) is 13.2 Å². The summed E-state index contributed by atoms with van der Waals surface area (Å²) in [6.07, 6.45) is -4.31. The van der Waals surface area contributed by atoms with Crippen LogP contribution in [0.3, 0.4) is 0 Å². The Labute approximate surface area is 171 Å². The maximum absolute atomic E-state index is 12.5. The summed E-state index contributed by atoms with van der Waals surface area (Å²) in [7, 11) is 0. The van der Waals surface area contributed by atoms with Crippen molar-refractivity contribution in [1.82, 2.24) is 5.32 Å². The third-order valence-electron chi connectivity index (χ3n) is 4.47. The van der Waals surface area contributed by atoms with Gasteiger partial charge in [0.15, 0.2) is 0 Å². The van der Waals surface area contributed by atoms with Crippen LogP contribution < -0.4 is 19.7 Å². The van der Waals surface area contributed by atoms with Crippen molar-refractivity contribution in [3.05, 3.63) is 54.1 Å². The van der Waals surface area contributed by atoms with Crippen LogP contribution >= 0.6 is 0 Å². The molecule has 0 spiro atoms. The van der Waals surface area contributed by atoms with Crippen LogP contribution in [-0.2, 0) is 15.8 Å². The number of carbonyl (C=O) groups is 2. The molecule has 2 aromatic carbocycles. The van der Waals surface area contributed by atoms with E-state index in [4.69, 9.17) is 9.47 Å². The monoisotopic (exact) mass is 422 g/mol. The first-order valence-corrected chi connectivity index (χ1v) is 9.43. The van der Waals surface area contributed by atoms with Gasteiger partial charge in [0.1, 0.15) is 24.7 Å². The molecule has 1 aliphatic heterocycles. The van der Waals surface area contributed by atoms with Gasteiger partial charge in [-0.05, 0) is 36.4 Å². The van der Waals surface area contributed by atoms with Crippen LogP contribution in [0.4, 0.5) is 18.9 Å². The molecular weight excluding hydrogens is 401 g/mol. The van der Waals surface area contributed by atoms with Crippen LogP contribution in [0.2, 0.25) is 0 Å². The molecule has 0 saturated heterocycles. The van der Waals surface area contributed by atoms with Gasteiger partial charge in [-0.1, -0.05) is 12.1 Å². The molecule has 0 aliphatic carbocycles. The molecule has 0 unspecified atom stereocenters. The second kappa shape index (κ2) is 9.51. The number of benzene rings is 2. The van der Waals surface area contributed by atoms with Gasteiger partial charge in [0.25, 0.3) is 0 Å². The van der Waals surface area contributed by atoms with E-state index in [1.165, 1.54) is 12.1 Å². The first-order chi connectivity index (χ1) is 14.3. The Balaban J connectivity index is 1.37. The maximum atomic E-state index is 12.5. The molecule has 2 aromatic rings. The number of para-hydroxylation sites is 2. The fraction of sp³-hybridized carbons (Fsp3) is 0.333. The van der Waals surface area contributed by atoms with Crippen molar-refractivity contribution in [2.75, 3.05) is 31.2 Å². The summed E-state index contributed by atoms with van der Waals surface area (Å²) in [5.41, 5.74) is -0.0604. The molecule has 1 aliphatic rings. The summed E-state index contributed by atoms with van der Waals surface area (Å²) >= 11 is 0. The molecule has 160 valence electrons. The number of hydrogen-bond acceptors (Lipinski definition) is 4. The van der Waals surface area contributed by atoms with Crippen molar-refractivity contribution in [3.8, 4) is 11.5 Å². The van der Waals surface area contributed by atoms with E-state index >= 15 is 0 Å². The molecular formula is C21H21F3N2O4. The lowest BCUT2D eigenvalue weighted by atomic mass is 10.2. The highest BCUT2D eigenvalue weighted by Gasteiger charge is 2.30. The van der Waals surface area contributed by atoms with Crippen molar-refractivity contribution in [2.24, 2.45) is 0 Å². The molecule has 6 nitrogen and oxygen atoms in total. The van der Waals surface area contributed by atoms with E-state index in [0.29, 0.717) is 24.6 Å². The maximum Gasteiger partial charge on any atom is 0.416 e. The number of anilines is 1. The molecule has 0 aromatic heterocycles. The van der Waals surface area contributed by atoms with Crippen LogP contribution in [0.25, 0.3) is 0 Å². The first kappa shape index (κ1) is 21.5. The van der Waals surface area contributed by atoms with Gasteiger partial charge < -0.3 is 19.7 Å². The van der Waals surface area contributed by atoms with Gasteiger partial charge in [0.05, 0.1) is 24.3 Å². The van der Waals surface area contributed by atoms with Gasteiger partial charge >= 0.3 is 6.18 Å². The van der Waals surface area contributed by atoms with Crippen LogP contribution in [0.5, 0.6) is 11.5 Å². The fourth-order valence-electron chi connectivity index (χ4n) is 2.97. The minimum Gasteiger partial charge on any atom is -0.492 e. The minimum absolute atomic E-state index is 0.0264. The van der Waals surface area contributed by atoms with E-state index in [9.17, 15) is 22.8 Å². The zero-order valence-electron chi connectivity index (χ0n) is 16.1. The lowest BCUT2D eigenvalue weighted by Gasteiger charge is -2.29. The molecule has 0 fully saturated rings. The summed E-state index contributed by atoms with van der Waals surface area (Å²) < 4.78 is 48.4. The molecule has 9 heteroatoms. The number of carbonyl (C=O) groups excluding carboxylic acids is 2. The highest BCUT2D eigenvalue weighted by atomic mass is 19.4. The average molecular weight is 422 g/mol. The lowest BCUT2D eigenvalue weighted by Crippen LogP contribution is -2.38. The molecule has 3 rings (SSSR count). The number of fused-ring (bicyclic) bond motifs is 1. The number of rotatable bonds is 7. The number of hydrogen-bond donors (Lipinski definition) is 1. The topological polar surface area (TPSA) is 67.9 Å². The number of nitrogens with one attached hydrogen (secondary N) is 1. The van der Waals surface area contributed by atoms with Gasteiger partial charge in [-0.25, -0.2) is 0 Å². The quantitative estimate of drug-likeness (QED) is 0.695. The van der Waals surface area contributed by atoms with E-state index in [1.807, 2.05) is 12.1 Å². The Morgan fingerprint density at radius 3 is 2.53 bits per heavy atom. The number of alkyl halides is 3. The fourth-order valence-corrected chi connectivity index (χ4v) is 2.97. The zero-order valence-corrected chi connectivity index (χ0v) is 16.1. The third-order valence-corrected chi connectivity index (χ3v) is 4.47. The largest absolute Gasteiger partial charge is 0.492 e. The van der Waals surface area contributed by atoms with Gasteiger partial charge in [0.2, 0.25) is 11.8 Å². The van der Waals surface area contributed by atoms with Gasteiger partial charge in [0, 0.05) is 12.8 Å². The second-order valence-corrected chi connectivity index (χ2v) is 6.58. The van der Waals surface area contributed by atoms with Crippen LogP contribution in [0, 0.1) is 0 Å². The number of halogens is 3. The standard InChI is InChI=1S/C21H21F3N2O4/c22-21(23,24)15-5-7-16(8-6-15)29-13-11-25-19(27)9-10-20(28)26-12-14-30-18-4-2-1-3-17(18)26/h1-8H,9-14H2,(H,25,27). The third kappa shape index (κ3) is 5.65. The zero-order chi connectivity index (χ0) is 21.6. The van der Waals surface area contributed by atoms with Crippen molar-refractivity contribution in [3.63, 3.8) is 0 Å². The average Bonchev–Trinajstić information content (AvgIpc) is 2.74. The van der Waals surface area contributed by atoms with E-state index in [0.717, 1.165) is 12.1 Å². The summed E-state index contributed by atoms with van der Waals surface area (Å²) in [6.45, 7) is 1.10. The second-order valence-electron chi connectivity index (χ2n) is 6.58. The summed E-state index contributed by atoms with van der Waals surface area (Å²) in [6, 6.07) is 11.5. The summed E-state index contributed by atoms with van der Waals surface area (Å²) in [4.78, 5) is 26.0. The first-order valence-electron chi connectivity index (χ1n) is 9.43. The Bertz CT molecular complexity index is 885. The Hall–Kier alpha value is -3.23. The number of ether oxygens (including phenoxy) is 2. The van der Waals surface area contributed by atoms with Crippen molar-refractivity contribution in [2.45, 2.75) is 19.0 Å². The van der Waals surface area contributed by atoms with Crippen LogP contribution in [0.1, 0.15) is 18.4 Å². The Morgan fingerprint density at radius 1 is 1.07 bits per heavy atom. The highest BCUT2D eigenvalue weighted by Crippen LogP contribution is 2.31. The highest BCUT2D eigenvalue weighted by molar-refractivity contribution is 5.97. The molecule has 0 saturated carbocycles. The summed E-state index contributed by atoms with van der Waals surface area (Å²) in [5.74, 6) is 0.447. The van der Waals surface area contributed by atoms with E-state index in [1.54, 1.807) is 17.0 Å². The van der Waals surface area contributed by atoms with E-state index < -0.39 is 11.7 Å². The molecule has 2 amide bonds. The molecule has 30 heavy (non-hydrogen) atoms. The SMILES string of the molecule is O=C(CCC(=O)N1CCOc2ccccc21)NCCOc1ccc(C(F)(F)F)cc1. The predicted octanol–water partition coefficient (Wildman–Crippen LogP) is 3.41. The minimum atomic E-state index is -4.40. The van der Waals surface area contributed by atoms with Crippen LogP contribution in [-0.4, -0.2) is 38.1 Å². The van der Waals surface area contributed by atoms with Crippen molar-refractivity contribution in [1.29, 1.82) is 0 Å². The predicted molar refractivity (Wildman–Crippen MR) is 103 cm³/mol. The number of nitrogens with zero attached hydrogens (tertiary/aromatic N) is 1. The van der Waals surface area contributed by atoms with Crippen LogP contribution in [0.15, 0.2) is 48.5 Å². The van der Waals surface area contributed by atoms with Crippen molar-refractivity contribution < 1.29 is 32.2 Å². The van der Waals surface area contributed by atoms with E-state index in [2.05, 4.69) is 5.32 Å². The van der Waals surface area contributed by atoms with Crippen molar-refractivity contribution >= 4 is 17.5 Å². The summed E-state index contributed by atoms with van der Waals surface area (Å²) in [5, 5.41) is 2.63. The molecule has 0 radical (unpaired) electrons. The molecule has 1 heterocycles. The van der Waals surface area contributed by atoms with Gasteiger partial charge in [-0.3, -0.25) is 9.59 Å². The Morgan fingerprint density at radius 2 is 1.80 bits per heavy atom. The molecule has 0 bridgehead atoms. The molecule has 0 atom stereocenters. The van der Waals surface area contributed by atoms with Gasteiger partial charge in [-0.15, -0.1) is 0 Å². The number of amides is 2. The van der Waals surface area contributed by atoms with E-state index in [-0.39, 0.29) is 43.6 Å². The molecule has 1 N–H and O–H groups in total. The smallest absolute Gasteiger partial charge is 0.416 e. The normalized spacial score (nSPS) is 13.2. The Kier molecular flexibility index (Phi) is 6.81. The lowest BCUT2D eigenvalue weighted by molar-refractivity contribution is -0.137.